The van der Waals surface area contributed by atoms with Crippen LogP contribution in [0.1, 0.15) is 37.7 Å². The number of ether oxygens (including phenoxy) is 2. The first-order valence-electron chi connectivity index (χ1n) is 7.57. The average molecular weight is 291 g/mol. The number of aliphatic carboxylic acids is 1. The summed E-state index contributed by atoms with van der Waals surface area (Å²) in [6.45, 7) is 2.18. The standard InChI is InChI=1S/C16H21NO4/c18-16(19)7-5-13-3-1-2-8-17(13)10-12-4-6-14-15(9-12)21-11-20-14/h4,6,9,13H,1-3,5,7-8,10-11H2,(H,18,19). The van der Waals surface area contributed by atoms with E-state index in [4.69, 9.17) is 14.6 Å². The molecule has 114 valence electrons. The maximum atomic E-state index is 10.8. The summed E-state index contributed by atoms with van der Waals surface area (Å²) in [6, 6.07) is 6.43. The van der Waals surface area contributed by atoms with Gasteiger partial charge in [0.15, 0.2) is 11.5 Å². The van der Waals surface area contributed by atoms with Crippen molar-refractivity contribution >= 4 is 5.97 Å². The van der Waals surface area contributed by atoms with Crippen molar-refractivity contribution in [1.29, 1.82) is 0 Å². The molecule has 5 nitrogen and oxygen atoms in total. The number of carboxylic acid groups (broad SMARTS) is 1. The van der Waals surface area contributed by atoms with Gasteiger partial charge in [-0.05, 0) is 43.5 Å². The van der Waals surface area contributed by atoms with Crippen molar-refractivity contribution in [2.45, 2.75) is 44.7 Å². The Balaban J connectivity index is 1.65. The van der Waals surface area contributed by atoms with E-state index in [1.807, 2.05) is 12.1 Å². The van der Waals surface area contributed by atoms with Gasteiger partial charge in [0.2, 0.25) is 6.79 Å². The minimum atomic E-state index is -0.705. The van der Waals surface area contributed by atoms with Crippen LogP contribution in [0.5, 0.6) is 11.5 Å². The van der Waals surface area contributed by atoms with Crippen LogP contribution in [0.25, 0.3) is 0 Å². The van der Waals surface area contributed by atoms with Gasteiger partial charge < -0.3 is 14.6 Å². The number of carboxylic acids is 1. The zero-order chi connectivity index (χ0) is 14.7. The fraction of sp³-hybridized carbons (Fsp3) is 0.562. The maximum Gasteiger partial charge on any atom is 0.303 e. The quantitative estimate of drug-likeness (QED) is 0.903. The second-order valence-corrected chi connectivity index (χ2v) is 5.74. The van der Waals surface area contributed by atoms with Crippen LogP contribution >= 0.6 is 0 Å². The predicted molar refractivity (Wildman–Crippen MR) is 77.5 cm³/mol. The topological polar surface area (TPSA) is 59.0 Å². The lowest BCUT2D eigenvalue weighted by atomic mass is 9.97. The third-order valence-corrected chi connectivity index (χ3v) is 4.26. The van der Waals surface area contributed by atoms with Gasteiger partial charge >= 0.3 is 5.97 Å². The van der Waals surface area contributed by atoms with Gasteiger partial charge in [0, 0.05) is 19.0 Å². The zero-order valence-corrected chi connectivity index (χ0v) is 12.1. The summed E-state index contributed by atoms with van der Waals surface area (Å²) in [6.07, 6.45) is 4.47. The first kappa shape index (κ1) is 14.2. The van der Waals surface area contributed by atoms with E-state index in [1.165, 1.54) is 18.4 Å². The zero-order valence-electron chi connectivity index (χ0n) is 12.1. The Labute approximate surface area is 124 Å². The molecule has 1 aromatic carbocycles. The molecule has 1 saturated heterocycles. The lowest BCUT2D eigenvalue weighted by Crippen LogP contribution is -2.39. The van der Waals surface area contributed by atoms with E-state index in [9.17, 15) is 4.79 Å². The number of carbonyl (C=O) groups is 1. The molecular weight excluding hydrogens is 270 g/mol. The second kappa shape index (κ2) is 6.35. The van der Waals surface area contributed by atoms with Crippen LogP contribution in [0, 0.1) is 0 Å². The Bertz CT molecular complexity index is 517. The number of benzene rings is 1. The highest BCUT2D eigenvalue weighted by Crippen LogP contribution is 2.33. The summed E-state index contributed by atoms with van der Waals surface area (Å²) in [5.41, 5.74) is 1.20. The van der Waals surface area contributed by atoms with Gasteiger partial charge in [-0.2, -0.15) is 0 Å². The Hall–Kier alpha value is -1.75. The van der Waals surface area contributed by atoms with Gasteiger partial charge in [0.25, 0.3) is 0 Å². The molecule has 0 amide bonds. The highest BCUT2D eigenvalue weighted by atomic mass is 16.7. The minimum absolute atomic E-state index is 0.252. The summed E-state index contributed by atoms with van der Waals surface area (Å²) in [5.74, 6) is 0.912. The Morgan fingerprint density at radius 2 is 2.14 bits per heavy atom. The molecule has 2 aliphatic rings. The number of fused-ring (bicyclic) bond motifs is 1. The monoisotopic (exact) mass is 291 g/mol. The van der Waals surface area contributed by atoms with Gasteiger partial charge in [0.05, 0.1) is 0 Å². The van der Waals surface area contributed by atoms with Crippen molar-refractivity contribution in [3.8, 4) is 11.5 Å². The van der Waals surface area contributed by atoms with E-state index >= 15 is 0 Å². The molecule has 1 aromatic rings. The van der Waals surface area contributed by atoms with Crippen molar-refractivity contribution in [3.05, 3.63) is 23.8 Å². The van der Waals surface area contributed by atoms with E-state index in [1.54, 1.807) is 0 Å². The summed E-state index contributed by atoms with van der Waals surface area (Å²) in [5, 5.41) is 8.88. The Morgan fingerprint density at radius 1 is 1.29 bits per heavy atom. The smallest absolute Gasteiger partial charge is 0.303 e. The molecule has 2 heterocycles. The molecule has 2 aliphatic heterocycles. The van der Waals surface area contributed by atoms with Crippen LogP contribution in [0.3, 0.4) is 0 Å². The van der Waals surface area contributed by atoms with Crippen LogP contribution < -0.4 is 9.47 Å². The molecule has 0 saturated carbocycles. The van der Waals surface area contributed by atoms with Crippen LogP contribution in [-0.4, -0.2) is 35.4 Å². The summed E-state index contributed by atoms with van der Waals surface area (Å²) in [4.78, 5) is 13.2. The maximum absolute atomic E-state index is 10.8. The SMILES string of the molecule is O=C(O)CCC1CCCCN1Cc1ccc2c(c1)OCO2. The highest BCUT2D eigenvalue weighted by Gasteiger charge is 2.23. The molecule has 1 unspecified atom stereocenters. The third-order valence-electron chi connectivity index (χ3n) is 4.26. The summed E-state index contributed by atoms with van der Waals surface area (Å²) in [7, 11) is 0. The molecule has 5 heteroatoms. The van der Waals surface area contributed by atoms with E-state index < -0.39 is 5.97 Å². The van der Waals surface area contributed by atoms with Gasteiger partial charge in [-0.15, -0.1) is 0 Å². The molecule has 0 aliphatic carbocycles. The summed E-state index contributed by atoms with van der Waals surface area (Å²) >= 11 is 0. The number of hydrogen-bond donors (Lipinski definition) is 1. The van der Waals surface area contributed by atoms with Gasteiger partial charge in [0.1, 0.15) is 0 Å². The van der Waals surface area contributed by atoms with Crippen molar-refractivity contribution in [2.24, 2.45) is 0 Å². The third kappa shape index (κ3) is 3.47. The van der Waals surface area contributed by atoms with Crippen molar-refractivity contribution < 1.29 is 19.4 Å². The first-order valence-corrected chi connectivity index (χ1v) is 7.57. The number of likely N-dealkylation sites (tertiary alicyclic amines) is 1. The molecule has 1 atom stereocenters. The Morgan fingerprint density at radius 3 is 3.00 bits per heavy atom. The lowest BCUT2D eigenvalue weighted by Gasteiger charge is -2.35. The molecule has 0 spiro atoms. The van der Waals surface area contributed by atoms with Crippen LogP contribution in [0.2, 0.25) is 0 Å². The van der Waals surface area contributed by atoms with E-state index in [0.29, 0.717) is 12.8 Å². The van der Waals surface area contributed by atoms with Crippen LogP contribution in [-0.2, 0) is 11.3 Å². The Kier molecular flexibility index (Phi) is 4.29. The normalized spacial score (nSPS) is 21.4. The fourth-order valence-corrected chi connectivity index (χ4v) is 3.16. The minimum Gasteiger partial charge on any atom is -0.481 e. The van der Waals surface area contributed by atoms with Gasteiger partial charge in [-0.1, -0.05) is 12.5 Å². The molecule has 0 radical (unpaired) electrons. The molecule has 1 N–H and O–H groups in total. The first-order chi connectivity index (χ1) is 10.2. The number of piperidine rings is 1. The summed E-state index contributed by atoms with van der Waals surface area (Å²) < 4.78 is 10.7. The largest absolute Gasteiger partial charge is 0.481 e. The second-order valence-electron chi connectivity index (χ2n) is 5.74. The van der Waals surface area contributed by atoms with Crippen molar-refractivity contribution in [3.63, 3.8) is 0 Å². The van der Waals surface area contributed by atoms with Crippen LogP contribution in [0.15, 0.2) is 18.2 Å². The lowest BCUT2D eigenvalue weighted by molar-refractivity contribution is -0.137. The molecule has 3 rings (SSSR count). The number of hydrogen-bond acceptors (Lipinski definition) is 4. The fourth-order valence-electron chi connectivity index (χ4n) is 3.16. The van der Waals surface area contributed by atoms with Crippen molar-refractivity contribution in [1.82, 2.24) is 4.90 Å². The number of nitrogens with zero attached hydrogens (tertiary/aromatic N) is 1. The molecule has 1 fully saturated rings. The molecule has 21 heavy (non-hydrogen) atoms. The predicted octanol–water partition coefficient (Wildman–Crippen LogP) is 2.63. The van der Waals surface area contributed by atoms with E-state index in [-0.39, 0.29) is 6.42 Å². The van der Waals surface area contributed by atoms with Gasteiger partial charge in [-0.25, -0.2) is 0 Å². The number of rotatable bonds is 5. The van der Waals surface area contributed by atoms with Crippen LogP contribution in [0.4, 0.5) is 0 Å². The molecule has 0 bridgehead atoms. The van der Waals surface area contributed by atoms with E-state index in [2.05, 4.69) is 11.0 Å². The van der Waals surface area contributed by atoms with Gasteiger partial charge in [-0.3, -0.25) is 9.69 Å². The molecule has 0 aromatic heterocycles. The molecular formula is C16H21NO4. The van der Waals surface area contributed by atoms with Crippen molar-refractivity contribution in [2.75, 3.05) is 13.3 Å². The average Bonchev–Trinajstić information content (AvgIpc) is 2.94. The highest BCUT2D eigenvalue weighted by molar-refractivity contribution is 5.66. The van der Waals surface area contributed by atoms with E-state index in [0.717, 1.165) is 37.4 Å².